The molecule has 3 heteroatoms. The predicted octanol–water partition coefficient (Wildman–Crippen LogP) is 7.68. The van der Waals surface area contributed by atoms with Crippen molar-refractivity contribution < 1.29 is 0 Å². The zero-order valence-electron chi connectivity index (χ0n) is 17.9. The Labute approximate surface area is 189 Å². The summed E-state index contributed by atoms with van der Waals surface area (Å²) in [6.45, 7) is 0. The first-order valence-electron chi connectivity index (χ1n) is 12.0. The molecule has 1 saturated heterocycles. The Hall–Kier alpha value is -1.45. The van der Waals surface area contributed by atoms with Gasteiger partial charge in [-0.3, -0.25) is 9.89 Å². The van der Waals surface area contributed by atoms with Gasteiger partial charge in [-0.2, -0.15) is 0 Å². The molecule has 1 spiro atoms. The van der Waals surface area contributed by atoms with Crippen LogP contribution < -0.4 is 0 Å². The molecule has 3 aliphatic rings. The summed E-state index contributed by atoms with van der Waals surface area (Å²) in [7, 11) is 0. The molecule has 30 heavy (non-hydrogen) atoms. The van der Waals surface area contributed by atoms with Crippen molar-refractivity contribution in [2.24, 2.45) is 4.99 Å². The van der Waals surface area contributed by atoms with Crippen LogP contribution >= 0.6 is 15.9 Å². The van der Waals surface area contributed by atoms with Crippen LogP contribution in [0.25, 0.3) is 0 Å². The lowest BCUT2D eigenvalue weighted by Crippen LogP contribution is -2.34. The molecule has 2 aliphatic heterocycles. The SMILES string of the molecule is Brc1ccc(C2=NC3(CCCCCCCCCCC3)N3[C@@H]2[C@@H]3c2ccccc2)cc1. The highest BCUT2D eigenvalue weighted by Crippen LogP contribution is 2.58. The minimum atomic E-state index is 0.00673. The van der Waals surface area contributed by atoms with Gasteiger partial charge in [0.05, 0.1) is 17.8 Å². The monoisotopic (exact) mass is 464 g/mol. The summed E-state index contributed by atoms with van der Waals surface area (Å²) < 4.78 is 1.14. The molecule has 0 amide bonds. The lowest BCUT2D eigenvalue weighted by molar-refractivity contribution is 0.182. The van der Waals surface area contributed by atoms with Crippen molar-refractivity contribution in [2.45, 2.75) is 88.4 Å². The number of nitrogens with zero attached hydrogens (tertiary/aromatic N) is 2. The number of fused-ring (bicyclic) bond motifs is 2. The van der Waals surface area contributed by atoms with Gasteiger partial charge in [-0.15, -0.1) is 0 Å². The predicted molar refractivity (Wildman–Crippen MR) is 129 cm³/mol. The first-order valence-corrected chi connectivity index (χ1v) is 12.8. The van der Waals surface area contributed by atoms with Crippen molar-refractivity contribution in [3.8, 4) is 0 Å². The number of rotatable bonds is 2. The van der Waals surface area contributed by atoms with Crippen LogP contribution in [0.1, 0.15) is 87.8 Å². The molecule has 0 aromatic heterocycles. The van der Waals surface area contributed by atoms with E-state index < -0.39 is 0 Å². The number of aliphatic imine (C=N–C) groups is 1. The third-order valence-corrected chi connectivity index (χ3v) is 7.86. The lowest BCUT2D eigenvalue weighted by atomic mass is 9.92. The Morgan fingerprint density at radius 1 is 0.700 bits per heavy atom. The molecule has 1 unspecified atom stereocenters. The Bertz CT molecular complexity index is 861. The van der Waals surface area contributed by atoms with Crippen LogP contribution in [0, 0.1) is 0 Å². The molecule has 1 saturated carbocycles. The van der Waals surface area contributed by atoms with E-state index in [9.17, 15) is 0 Å². The molecule has 2 fully saturated rings. The van der Waals surface area contributed by atoms with Crippen molar-refractivity contribution in [3.05, 3.63) is 70.2 Å². The number of benzene rings is 2. The normalized spacial score (nSPS) is 28.8. The number of halogens is 1. The molecule has 2 aromatic rings. The summed E-state index contributed by atoms with van der Waals surface area (Å²) in [5, 5.41) is 0. The van der Waals surface area contributed by atoms with E-state index in [0.29, 0.717) is 12.1 Å². The first-order chi connectivity index (χ1) is 14.8. The fraction of sp³-hybridized carbons (Fsp3) is 0.519. The Balaban J connectivity index is 1.48. The van der Waals surface area contributed by atoms with E-state index in [-0.39, 0.29) is 5.66 Å². The van der Waals surface area contributed by atoms with E-state index in [1.165, 1.54) is 87.5 Å². The number of hydrogen-bond donors (Lipinski definition) is 0. The molecule has 2 aromatic carbocycles. The third kappa shape index (κ3) is 4.03. The smallest absolute Gasteiger partial charge is 0.114 e. The van der Waals surface area contributed by atoms with Crippen LogP contribution in [0.4, 0.5) is 0 Å². The van der Waals surface area contributed by atoms with Crippen molar-refractivity contribution in [2.75, 3.05) is 0 Å². The molecule has 5 rings (SSSR count). The van der Waals surface area contributed by atoms with Crippen LogP contribution in [0.3, 0.4) is 0 Å². The summed E-state index contributed by atoms with van der Waals surface area (Å²) in [6, 6.07) is 20.9. The van der Waals surface area contributed by atoms with E-state index in [1.54, 1.807) is 0 Å². The highest BCUT2D eigenvalue weighted by Gasteiger charge is 2.64. The summed E-state index contributed by atoms with van der Waals surface area (Å²) in [6.07, 6.45) is 14.8. The van der Waals surface area contributed by atoms with Crippen LogP contribution in [-0.2, 0) is 0 Å². The second-order valence-electron chi connectivity index (χ2n) is 9.38. The fourth-order valence-corrected chi connectivity index (χ4v) is 6.04. The summed E-state index contributed by atoms with van der Waals surface area (Å²) in [5.41, 5.74) is 4.09. The Morgan fingerprint density at radius 2 is 1.27 bits per heavy atom. The van der Waals surface area contributed by atoms with Gasteiger partial charge in [-0.25, -0.2) is 0 Å². The number of hydrogen-bond acceptors (Lipinski definition) is 2. The summed E-state index contributed by atoms with van der Waals surface area (Å²) in [5.74, 6) is 0. The topological polar surface area (TPSA) is 15.4 Å². The lowest BCUT2D eigenvalue weighted by Gasteiger charge is -2.31. The largest absolute Gasteiger partial charge is 0.265 e. The molecule has 0 radical (unpaired) electrons. The molecular weight excluding hydrogens is 432 g/mol. The molecule has 0 N–H and O–H groups in total. The van der Waals surface area contributed by atoms with E-state index in [1.807, 2.05) is 0 Å². The molecule has 3 atom stereocenters. The molecular formula is C27H33BrN2. The average molecular weight is 465 g/mol. The van der Waals surface area contributed by atoms with Crippen molar-refractivity contribution in [1.29, 1.82) is 0 Å². The average Bonchev–Trinajstić information content (AvgIpc) is 3.43. The van der Waals surface area contributed by atoms with Crippen molar-refractivity contribution in [1.82, 2.24) is 4.90 Å². The minimum absolute atomic E-state index is 0.00673. The first kappa shape index (κ1) is 20.5. The van der Waals surface area contributed by atoms with Crippen LogP contribution in [0.15, 0.2) is 64.1 Å². The molecule has 2 heterocycles. The van der Waals surface area contributed by atoms with Gasteiger partial charge in [-0.1, -0.05) is 103 Å². The van der Waals surface area contributed by atoms with Gasteiger partial charge in [-0.05, 0) is 48.9 Å². The van der Waals surface area contributed by atoms with E-state index in [4.69, 9.17) is 4.99 Å². The Morgan fingerprint density at radius 3 is 1.87 bits per heavy atom. The maximum atomic E-state index is 5.54. The molecule has 1 aliphatic carbocycles. The molecule has 158 valence electrons. The van der Waals surface area contributed by atoms with E-state index >= 15 is 0 Å². The quantitative estimate of drug-likeness (QED) is 0.415. The zero-order chi connectivity index (χ0) is 20.4. The van der Waals surface area contributed by atoms with E-state index in [0.717, 1.165) is 4.47 Å². The fourth-order valence-electron chi connectivity index (χ4n) is 5.78. The molecule has 0 bridgehead atoms. The standard InChI is InChI=1S/C27H33BrN2/c28-23-17-15-21(16-18-23)24-26-25(22-13-9-8-10-14-22)30(26)27(29-24)19-11-6-4-2-1-3-5-7-12-20-27/h8-10,13-18,25-26H,1-7,11-12,19-20H2/t25-,26-,30?/m0/s1. The second-order valence-corrected chi connectivity index (χ2v) is 10.3. The maximum Gasteiger partial charge on any atom is 0.114 e. The van der Waals surface area contributed by atoms with Gasteiger partial charge < -0.3 is 0 Å². The van der Waals surface area contributed by atoms with E-state index in [2.05, 4.69) is 75.4 Å². The second kappa shape index (κ2) is 8.96. The van der Waals surface area contributed by atoms with Crippen molar-refractivity contribution >= 4 is 21.6 Å². The van der Waals surface area contributed by atoms with Gasteiger partial charge >= 0.3 is 0 Å². The summed E-state index contributed by atoms with van der Waals surface area (Å²) >= 11 is 3.60. The third-order valence-electron chi connectivity index (χ3n) is 7.33. The summed E-state index contributed by atoms with van der Waals surface area (Å²) in [4.78, 5) is 8.31. The molecule has 2 nitrogen and oxygen atoms in total. The van der Waals surface area contributed by atoms with Crippen LogP contribution in [-0.4, -0.2) is 22.3 Å². The highest BCUT2D eigenvalue weighted by molar-refractivity contribution is 9.10. The van der Waals surface area contributed by atoms with Gasteiger partial charge in [0, 0.05) is 4.47 Å². The van der Waals surface area contributed by atoms with Gasteiger partial charge in [0.1, 0.15) is 5.66 Å². The van der Waals surface area contributed by atoms with Gasteiger partial charge in [0.25, 0.3) is 0 Å². The van der Waals surface area contributed by atoms with Gasteiger partial charge in [0.15, 0.2) is 0 Å². The highest BCUT2D eigenvalue weighted by atomic mass is 79.9. The maximum absolute atomic E-state index is 5.54. The zero-order valence-corrected chi connectivity index (χ0v) is 19.5. The van der Waals surface area contributed by atoms with Gasteiger partial charge in [0.2, 0.25) is 0 Å². The van der Waals surface area contributed by atoms with Crippen molar-refractivity contribution in [3.63, 3.8) is 0 Å². The van der Waals surface area contributed by atoms with Crippen LogP contribution in [0.2, 0.25) is 0 Å². The minimum Gasteiger partial charge on any atom is -0.265 e. The Kier molecular flexibility index (Phi) is 6.11. The van der Waals surface area contributed by atoms with Crippen LogP contribution in [0.5, 0.6) is 0 Å².